The highest BCUT2D eigenvalue weighted by Crippen LogP contribution is 1.90. The van der Waals surface area contributed by atoms with Gasteiger partial charge in [-0.1, -0.05) is 6.92 Å². The van der Waals surface area contributed by atoms with Gasteiger partial charge in [0.15, 0.2) is 0 Å². The Morgan fingerprint density at radius 2 is 2.10 bits per heavy atom. The molecule has 0 saturated heterocycles. The van der Waals surface area contributed by atoms with Gasteiger partial charge in [-0.25, -0.2) is 4.79 Å². The Kier molecular flexibility index (Phi) is 4.28. The summed E-state index contributed by atoms with van der Waals surface area (Å²) in [6.07, 6.45) is -0.812. The summed E-state index contributed by atoms with van der Waals surface area (Å²) >= 11 is 0. The average Bonchev–Trinajstić information content (AvgIpc) is 1.88. The van der Waals surface area contributed by atoms with Crippen LogP contribution in [0.3, 0.4) is 0 Å². The maximum absolute atomic E-state index is 10.4. The molecule has 1 radical (unpaired) electrons. The molecule has 0 aromatic heterocycles. The van der Waals surface area contributed by atoms with Gasteiger partial charge >= 0.3 is 12.1 Å². The summed E-state index contributed by atoms with van der Waals surface area (Å²) in [6, 6.07) is 0. The Bertz CT molecular complexity index is 130. The van der Waals surface area contributed by atoms with Crippen LogP contribution in [0.15, 0.2) is 0 Å². The van der Waals surface area contributed by atoms with Gasteiger partial charge in [-0.2, -0.15) is 0 Å². The molecular formula is C6H9O4. The first-order valence-electron chi connectivity index (χ1n) is 2.89. The van der Waals surface area contributed by atoms with Crippen molar-refractivity contribution in [3.05, 3.63) is 6.61 Å². The van der Waals surface area contributed by atoms with Crippen molar-refractivity contribution in [3.63, 3.8) is 0 Å². The third kappa shape index (κ3) is 3.88. The fourth-order valence-corrected chi connectivity index (χ4v) is 0.285. The summed E-state index contributed by atoms with van der Waals surface area (Å²) in [7, 11) is 0. The Morgan fingerprint density at radius 3 is 2.50 bits per heavy atom. The number of ether oxygens (including phenoxy) is 2. The molecule has 0 saturated carbocycles. The molecule has 0 aliphatic rings. The van der Waals surface area contributed by atoms with E-state index in [9.17, 15) is 9.59 Å². The van der Waals surface area contributed by atoms with Crippen LogP contribution in [0.2, 0.25) is 0 Å². The summed E-state index contributed by atoms with van der Waals surface area (Å²) in [6.45, 7) is 4.24. The summed E-state index contributed by atoms with van der Waals surface area (Å²) in [5, 5.41) is 0. The Labute approximate surface area is 59.1 Å². The van der Waals surface area contributed by atoms with E-state index in [2.05, 4.69) is 9.47 Å². The van der Waals surface area contributed by atoms with E-state index in [0.717, 1.165) is 6.61 Å². The van der Waals surface area contributed by atoms with Crippen molar-refractivity contribution in [2.45, 2.75) is 20.3 Å². The van der Waals surface area contributed by atoms with E-state index in [-0.39, 0.29) is 6.42 Å². The molecule has 0 aromatic carbocycles. The summed E-state index contributed by atoms with van der Waals surface area (Å²) < 4.78 is 8.32. The molecule has 4 nitrogen and oxygen atoms in total. The molecule has 0 amide bonds. The second-order valence-electron chi connectivity index (χ2n) is 1.43. The molecule has 0 aliphatic heterocycles. The van der Waals surface area contributed by atoms with E-state index in [1.54, 1.807) is 6.92 Å². The van der Waals surface area contributed by atoms with Crippen LogP contribution in [0.25, 0.3) is 0 Å². The number of esters is 1. The maximum Gasteiger partial charge on any atom is 0.516 e. The summed E-state index contributed by atoms with van der Waals surface area (Å²) in [5.74, 6) is -0.591. The topological polar surface area (TPSA) is 52.6 Å². The van der Waals surface area contributed by atoms with E-state index in [1.807, 2.05) is 0 Å². The molecule has 4 heteroatoms. The van der Waals surface area contributed by atoms with Crippen LogP contribution in [0, 0.1) is 6.61 Å². The summed E-state index contributed by atoms with van der Waals surface area (Å²) in [5.41, 5.74) is 0. The fraction of sp³-hybridized carbons (Fsp3) is 0.500. The standard InChI is InChI=1S/C6H9O4/c1-3-5(7)10-6(8)9-4-2/h4H,3H2,1-2H3. The van der Waals surface area contributed by atoms with Crippen molar-refractivity contribution in [2.75, 3.05) is 0 Å². The zero-order valence-electron chi connectivity index (χ0n) is 5.92. The van der Waals surface area contributed by atoms with Crippen LogP contribution >= 0.6 is 0 Å². The third-order valence-corrected chi connectivity index (χ3v) is 0.700. The van der Waals surface area contributed by atoms with E-state index in [1.165, 1.54) is 6.92 Å². The SMILES string of the molecule is C[CH]OC(=O)OC(=O)CC. The molecule has 0 bridgehead atoms. The number of carbonyl (C=O) groups is 2. The van der Waals surface area contributed by atoms with Crippen molar-refractivity contribution in [2.24, 2.45) is 0 Å². The first-order valence-corrected chi connectivity index (χ1v) is 2.89. The van der Waals surface area contributed by atoms with E-state index < -0.39 is 12.1 Å². The third-order valence-electron chi connectivity index (χ3n) is 0.700. The molecule has 0 rings (SSSR count). The van der Waals surface area contributed by atoms with Crippen molar-refractivity contribution in [1.29, 1.82) is 0 Å². The fourth-order valence-electron chi connectivity index (χ4n) is 0.285. The quantitative estimate of drug-likeness (QED) is 0.433. The van der Waals surface area contributed by atoms with Crippen molar-refractivity contribution < 1.29 is 19.1 Å². The van der Waals surface area contributed by atoms with Crippen molar-refractivity contribution in [1.82, 2.24) is 0 Å². The van der Waals surface area contributed by atoms with Gasteiger partial charge < -0.3 is 9.47 Å². The Balaban J connectivity index is 3.47. The normalized spacial score (nSPS) is 8.60. The lowest BCUT2D eigenvalue weighted by Gasteiger charge is -1.98. The lowest BCUT2D eigenvalue weighted by atomic mass is 10.5. The van der Waals surface area contributed by atoms with Crippen LogP contribution in [0.5, 0.6) is 0 Å². The first kappa shape index (κ1) is 8.94. The van der Waals surface area contributed by atoms with Gasteiger partial charge in [0.05, 0.1) is 0 Å². The zero-order chi connectivity index (χ0) is 7.98. The number of hydrogen-bond acceptors (Lipinski definition) is 4. The van der Waals surface area contributed by atoms with Gasteiger partial charge in [-0.15, -0.1) is 0 Å². The monoisotopic (exact) mass is 145 g/mol. The summed E-state index contributed by atoms with van der Waals surface area (Å²) in [4.78, 5) is 20.7. The minimum atomic E-state index is -0.977. The van der Waals surface area contributed by atoms with Crippen LogP contribution in [-0.4, -0.2) is 12.1 Å². The smallest absolute Gasteiger partial charge is 0.427 e. The molecule has 57 valence electrons. The highest BCUT2D eigenvalue weighted by Gasteiger charge is 2.07. The zero-order valence-corrected chi connectivity index (χ0v) is 5.92. The maximum atomic E-state index is 10.4. The molecule has 0 aromatic rings. The second-order valence-corrected chi connectivity index (χ2v) is 1.43. The molecule has 0 spiro atoms. The largest absolute Gasteiger partial charge is 0.516 e. The van der Waals surface area contributed by atoms with Crippen LogP contribution < -0.4 is 0 Å². The highest BCUT2D eigenvalue weighted by atomic mass is 16.7. The molecule has 0 atom stereocenters. The molecular weight excluding hydrogens is 136 g/mol. The molecule has 0 N–H and O–H groups in total. The van der Waals surface area contributed by atoms with Crippen molar-refractivity contribution >= 4 is 12.1 Å². The molecule has 0 unspecified atom stereocenters. The predicted molar refractivity (Wildman–Crippen MR) is 32.8 cm³/mol. The molecule has 0 fully saturated rings. The number of carbonyl (C=O) groups excluding carboxylic acids is 2. The minimum Gasteiger partial charge on any atom is -0.427 e. The van der Waals surface area contributed by atoms with Gasteiger partial charge in [-0.3, -0.25) is 4.79 Å². The average molecular weight is 145 g/mol. The van der Waals surface area contributed by atoms with E-state index in [0.29, 0.717) is 0 Å². The van der Waals surface area contributed by atoms with Gasteiger partial charge in [0.25, 0.3) is 0 Å². The minimum absolute atomic E-state index is 0.165. The first-order chi connectivity index (χ1) is 4.70. The van der Waals surface area contributed by atoms with Crippen LogP contribution in [0.1, 0.15) is 20.3 Å². The van der Waals surface area contributed by atoms with Crippen LogP contribution in [-0.2, 0) is 14.3 Å². The van der Waals surface area contributed by atoms with E-state index in [4.69, 9.17) is 0 Å². The molecule has 10 heavy (non-hydrogen) atoms. The van der Waals surface area contributed by atoms with Gasteiger partial charge in [0, 0.05) is 6.42 Å². The number of rotatable bonds is 2. The molecule has 0 aliphatic carbocycles. The number of hydrogen-bond donors (Lipinski definition) is 0. The molecule has 0 heterocycles. The van der Waals surface area contributed by atoms with Gasteiger partial charge in [0.1, 0.15) is 6.61 Å². The van der Waals surface area contributed by atoms with Gasteiger partial charge in [-0.05, 0) is 6.92 Å². The predicted octanol–water partition coefficient (Wildman–Crippen LogP) is 1.26. The Hall–Kier alpha value is -1.06. The lowest BCUT2D eigenvalue weighted by molar-refractivity contribution is -0.138. The Morgan fingerprint density at radius 1 is 1.50 bits per heavy atom. The van der Waals surface area contributed by atoms with Gasteiger partial charge in [0.2, 0.25) is 0 Å². The second kappa shape index (κ2) is 4.78. The van der Waals surface area contributed by atoms with Crippen molar-refractivity contribution in [3.8, 4) is 0 Å². The lowest BCUT2D eigenvalue weighted by Crippen LogP contribution is -2.10. The van der Waals surface area contributed by atoms with E-state index >= 15 is 0 Å². The van der Waals surface area contributed by atoms with Crippen LogP contribution in [0.4, 0.5) is 4.79 Å². The highest BCUT2D eigenvalue weighted by molar-refractivity contribution is 5.81.